The van der Waals surface area contributed by atoms with Crippen LogP contribution in [0.1, 0.15) is 57.2 Å². The molecule has 3 aliphatic carbocycles. The zero-order valence-corrected chi connectivity index (χ0v) is 28.9. The van der Waals surface area contributed by atoms with E-state index >= 15 is 0 Å². The van der Waals surface area contributed by atoms with Crippen LogP contribution in [0.2, 0.25) is 0 Å². The molecule has 2 bridgehead atoms. The highest BCUT2D eigenvalue weighted by atomic mass is 16.7. The van der Waals surface area contributed by atoms with Gasteiger partial charge in [0.2, 0.25) is 5.91 Å². The minimum atomic E-state index is -0.842. The Morgan fingerprint density at radius 3 is 2.41 bits per heavy atom. The lowest BCUT2D eigenvalue weighted by molar-refractivity contribution is -0.183. The predicted octanol–water partition coefficient (Wildman–Crippen LogP) is 3.92. The molecule has 6 rings (SSSR count). The number of hydrogen-bond acceptors (Lipinski definition) is 8. The molecule has 1 heterocycles. The van der Waals surface area contributed by atoms with Crippen LogP contribution in [0.5, 0.6) is 5.75 Å². The van der Waals surface area contributed by atoms with E-state index in [1.54, 1.807) is 19.1 Å². The summed E-state index contributed by atoms with van der Waals surface area (Å²) in [5, 5.41) is 26.2. The first-order chi connectivity index (χ1) is 21.9. The summed E-state index contributed by atoms with van der Waals surface area (Å²) in [7, 11) is 5.86. The van der Waals surface area contributed by atoms with Crippen molar-refractivity contribution in [1.29, 1.82) is 0 Å². The van der Waals surface area contributed by atoms with Gasteiger partial charge in [-0.1, -0.05) is 69.3 Å². The standard InChI is InChI=1S/C37H56N4O5/c1-24-30-18-29(37(30,3)4)19-31(24)38-36(44)34-33(25(2)43)32(23-42)46-41(34)22-28-15-11-14-27(35(28)45-7)21-40(17-16-39(5)6)20-26-12-9-8-10-13-26/h8-15,24-25,29-34,42-43H,16-23H2,1-7H3,(H,38,44)/t24-,25-,29-,30+,31?,32-,33+,34-/m0/s1. The number of para-hydroxylation sites is 1. The van der Waals surface area contributed by atoms with Crippen LogP contribution >= 0.6 is 0 Å². The van der Waals surface area contributed by atoms with E-state index in [1.165, 1.54) is 12.0 Å². The Labute approximate surface area is 275 Å². The molecule has 9 nitrogen and oxygen atoms in total. The van der Waals surface area contributed by atoms with Crippen molar-refractivity contribution in [3.8, 4) is 5.75 Å². The van der Waals surface area contributed by atoms with Crippen LogP contribution in [0.4, 0.5) is 0 Å². The van der Waals surface area contributed by atoms with Gasteiger partial charge in [0, 0.05) is 49.3 Å². The van der Waals surface area contributed by atoms with Crippen molar-refractivity contribution in [2.75, 3.05) is 40.9 Å². The summed E-state index contributed by atoms with van der Waals surface area (Å²) in [5.74, 6) is 1.62. The van der Waals surface area contributed by atoms with Gasteiger partial charge < -0.3 is 25.2 Å². The smallest absolute Gasteiger partial charge is 0.240 e. The highest BCUT2D eigenvalue weighted by Crippen LogP contribution is 2.61. The van der Waals surface area contributed by atoms with Crippen LogP contribution in [-0.4, -0.2) is 96.2 Å². The molecule has 2 aromatic carbocycles. The maximum atomic E-state index is 14.1. The molecule has 1 amide bonds. The normalized spacial score (nSPS) is 29.5. The molecule has 1 aliphatic heterocycles. The third kappa shape index (κ3) is 7.30. The SMILES string of the molecule is COc1c(CN(CCN(C)C)Cc2ccccc2)cccc1CN1O[C@@H](CO)[C@@H]([C@H](C)O)[C@H]1C(=O)NC1C[C@@H]2C[C@H]([C@@H]1C)C2(C)C. The first kappa shape index (κ1) is 34.8. The lowest BCUT2D eigenvalue weighted by Gasteiger charge is -2.62. The van der Waals surface area contributed by atoms with Gasteiger partial charge in [-0.2, -0.15) is 5.06 Å². The first-order valence-corrected chi connectivity index (χ1v) is 17.0. The Hall–Kier alpha value is -2.53. The van der Waals surface area contributed by atoms with Gasteiger partial charge in [0.15, 0.2) is 0 Å². The Morgan fingerprint density at radius 2 is 1.80 bits per heavy atom. The van der Waals surface area contributed by atoms with E-state index in [9.17, 15) is 15.0 Å². The van der Waals surface area contributed by atoms with Crippen LogP contribution in [-0.2, 0) is 29.3 Å². The molecule has 1 unspecified atom stereocenters. The van der Waals surface area contributed by atoms with Gasteiger partial charge in [0.25, 0.3) is 0 Å². The van der Waals surface area contributed by atoms with Gasteiger partial charge in [-0.05, 0) is 62.6 Å². The molecule has 9 heteroatoms. The molecule has 4 aliphatic rings. The summed E-state index contributed by atoms with van der Waals surface area (Å²) >= 11 is 0. The topological polar surface area (TPSA) is 97.7 Å². The number of nitrogens with zero attached hydrogens (tertiary/aromatic N) is 3. The van der Waals surface area contributed by atoms with Crippen LogP contribution in [0, 0.1) is 29.1 Å². The number of carbonyl (C=O) groups excluding carboxylic acids is 1. The second-order valence-electron chi connectivity index (χ2n) is 14.8. The van der Waals surface area contributed by atoms with Crippen molar-refractivity contribution in [1.82, 2.24) is 20.2 Å². The van der Waals surface area contributed by atoms with E-state index in [0.717, 1.165) is 42.9 Å². The van der Waals surface area contributed by atoms with Crippen molar-refractivity contribution in [3.05, 3.63) is 65.2 Å². The highest BCUT2D eigenvalue weighted by Gasteiger charge is 2.57. The minimum absolute atomic E-state index is 0.0876. The molecule has 0 radical (unpaired) electrons. The number of ether oxygens (including phenoxy) is 1. The molecule has 3 saturated carbocycles. The second kappa shape index (κ2) is 14.7. The number of rotatable bonds is 14. The molecule has 8 atom stereocenters. The van der Waals surface area contributed by atoms with E-state index < -0.39 is 24.2 Å². The van der Waals surface area contributed by atoms with Gasteiger partial charge in [0.1, 0.15) is 17.9 Å². The zero-order chi connectivity index (χ0) is 33.2. The van der Waals surface area contributed by atoms with Crippen molar-refractivity contribution < 1.29 is 24.6 Å². The number of methoxy groups -OCH3 is 1. The van der Waals surface area contributed by atoms with Crippen molar-refractivity contribution in [3.63, 3.8) is 0 Å². The second-order valence-corrected chi connectivity index (χ2v) is 14.8. The maximum absolute atomic E-state index is 14.1. The summed E-state index contributed by atoms with van der Waals surface area (Å²) in [5.41, 5.74) is 3.52. The summed E-state index contributed by atoms with van der Waals surface area (Å²) < 4.78 is 6.04. The fourth-order valence-electron chi connectivity index (χ4n) is 8.44. The van der Waals surface area contributed by atoms with Crippen LogP contribution in [0.3, 0.4) is 0 Å². The molecular formula is C37H56N4O5. The van der Waals surface area contributed by atoms with Gasteiger partial charge >= 0.3 is 0 Å². The molecule has 0 aromatic heterocycles. The predicted molar refractivity (Wildman–Crippen MR) is 180 cm³/mol. The summed E-state index contributed by atoms with van der Waals surface area (Å²) in [6.07, 6.45) is 0.672. The van der Waals surface area contributed by atoms with E-state index in [1.807, 2.05) is 18.2 Å². The summed E-state index contributed by atoms with van der Waals surface area (Å²) in [6.45, 7) is 12.0. The number of likely N-dealkylation sites (N-methyl/N-ethyl adjacent to an activating group) is 1. The third-order valence-corrected chi connectivity index (χ3v) is 11.3. The molecule has 2 aromatic rings. The summed E-state index contributed by atoms with van der Waals surface area (Å²) in [6, 6.07) is 15.9. The minimum Gasteiger partial charge on any atom is -0.496 e. The fraction of sp³-hybridized carbons (Fsp3) is 0.649. The first-order valence-electron chi connectivity index (χ1n) is 17.0. The van der Waals surface area contributed by atoms with Gasteiger partial charge in [0.05, 0.1) is 26.4 Å². The number of fused-ring (bicyclic) bond motifs is 2. The zero-order valence-electron chi connectivity index (χ0n) is 28.9. The number of nitrogens with one attached hydrogen (secondary N) is 1. The molecule has 254 valence electrons. The number of aliphatic hydroxyl groups is 2. The van der Waals surface area contributed by atoms with E-state index in [4.69, 9.17) is 9.57 Å². The van der Waals surface area contributed by atoms with Crippen molar-refractivity contribution in [2.45, 2.75) is 84.5 Å². The average Bonchev–Trinajstić information content (AvgIpc) is 3.40. The fourth-order valence-corrected chi connectivity index (χ4v) is 8.44. The number of carbonyl (C=O) groups is 1. The largest absolute Gasteiger partial charge is 0.496 e. The van der Waals surface area contributed by atoms with Crippen LogP contribution in [0.15, 0.2) is 48.5 Å². The Kier molecular flexibility index (Phi) is 11.1. The monoisotopic (exact) mass is 636 g/mol. The molecule has 4 fully saturated rings. The molecular weight excluding hydrogens is 580 g/mol. The summed E-state index contributed by atoms with van der Waals surface area (Å²) in [4.78, 5) is 25.0. The van der Waals surface area contributed by atoms with E-state index in [-0.39, 0.29) is 25.1 Å². The number of aliphatic hydroxyl groups excluding tert-OH is 2. The molecule has 46 heavy (non-hydrogen) atoms. The Balaban J connectivity index is 1.37. The van der Waals surface area contributed by atoms with E-state index in [0.29, 0.717) is 29.7 Å². The Morgan fingerprint density at radius 1 is 1.09 bits per heavy atom. The third-order valence-electron chi connectivity index (χ3n) is 11.3. The lowest BCUT2D eigenvalue weighted by Crippen LogP contribution is -2.62. The van der Waals surface area contributed by atoms with E-state index in [2.05, 4.69) is 80.3 Å². The molecule has 1 saturated heterocycles. The average molecular weight is 637 g/mol. The number of benzene rings is 2. The van der Waals surface area contributed by atoms with Crippen molar-refractivity contribution in [2.24, 2.45) is 29.1 Å². The van der Waals surface area contributed by atoms with Crippen LogP contribution in [0.25, 0.3) is 0 Å². The Bertz CT molecular complexity index is 1300. The van der Waals surface area contributed by atoms with Crippen LogP contribution < -0.4 is 10.1 Å². The van der Waals surface area contributed by atoms with Gasteiger partial charge in [-0.25, -0.2) is 0 Å². The van der Waals surface area contributed by atoms with Crippen molar-refractivity contribution >= 4 is 5.91 Å². The molecule has 0 spiro atoms. The highest BCUT2D eigenvalue weighted by molar-refractivity contribution is 5.83. The maximum Gasteiger partial charge on any atom is 0.240 e. The van der Waals surface area contributed by atoms with Gasteiger partial charge in [-0.15, -0.1) is 0 Å². The number of hydrogen-bond donors (Lipinski definition) is 3. The quantitative estimate of drug-likeness (QED) is 0.287. The number of hydroxylamine groups is 2. The lowest BCUT2D eigenvalue weighted by atomic mass is 9.45. The number of amides is 1. The van der Waals surface area contributed by atoms with Gasteiger partial charge in [-0.3, -0.25) is 14.5 Å². The molecule has 3 N–H and O–H groups in total.